The second kappa shape index (κ2) is 5.51. The molecule has 0 heterocycles. The van der Waals surface area contributed by atoms with Crippen molar-refractivity contribution >= 4 is 21.6 Å². The zero-order valence-electron chi connectivity index (χ0n) is 11.3. The third kappa shape index (κ3) is 2.56. The van der Waals surface area contributed by atoms with E-state index in [1.54, 1.807) is 18.2 Å². The zero-order chi connectivity index (χ0) is 14.8. The van der Waals surface area contributed by atoms with Crippen LogP contribution in [0.4, 0.5) is 5.69 Å². The summed E-state index contributed by atoms with van der Waals surface area (Å²) in [6, 6.07) is 6.32. The Morgan fingerprint density at radius 2 is 2.00 bits per heavy atom. The number of rotatable bonds is 5. The molecule has 6 nitrogen and oxygen atoms in total. The van der Waals surface area contributed by atoms with E-state index in [9.17, 15) is 13.2 Å². The second-order valence-corrected chi connectivity index (χ2v) is 6.85. The van der Waals surface area contributed by atoms with Gasteiger partial charge in [0.15, 0.2) is 0 Å². The number of benzene rings is 1. The first kappa shape index (κ1) is 15.0. The number of amides is 1. The monoisotopic (exact) mass is 297 g/mol. The summed E-state index contributed by atoms with van der Waals surface area (Å²) in [4.78, 5) is 12.4. The van der Waals surface area contributed by atoms with Crippen LogP contribution in [0.2, 0.25) is 0 Å². The van der Waals surface area contributed by atoms with Crippen molar-refractivity contribution in [3.63, 3.8) is 0 Å². The highest BCUT2D eigenvalue weighted by Gasteiger charge is 2.43. The van der Waals surface area contributed by atoms with Crippen LogP contribution < -0.4 is 15.8 Å². The minimum atomic E-state index is -3.61. The highest BCUT2D eigenvalue weighted by atomic mass is 32.2. The first-order valence-corrected chi connectivity index (χ1v) is 7.98. The molecule has 110 valence electrons. The van der Waals surface area contributed by atoms with Gasteiger partial charge in [0.1, 0.15) is 4.90 Å². The van der Waals surface area contributed by atoms with Gasteiger partial charge in [0.05, 0.1) is 11.1 Å². The van der Waals surface area contributed by atoms with Crippen molar-refractivity contribution in [1.29, 1.82) is 0 Å². The van der Waals surface area contributed by atoms with Crippen molar-refractivity contribution in [2.45, 2.75) is 24.2 Å². The van der Waals surface area contributed by atoms with Crippen molar-refractivity contribution < 1.29 is 13.2 Å². The molecule has 1 saturated carbocycles. The Morgan fingerprint density at radius 3 is 2.50 bits per heavy atom. The molecule has 4 N–H and O–H groups in total. The molecule has 1 aromatic carbocycles. The van der Waals surface area contributed by atoms with Gasteiger partial charge in [-0.3, -0.25) is 4.79 Å². The third-order valence-electron chi connectivity index (χ3n) is 3.88. The molecule has 20 heavy (non-hydrogen) atoms. The summed E-state index contributed by atoms with van der Waals surface area (Å²) >= 11 is 0. The summed E-state index contributed by atoms with van der Waals surface area (Å²) < 4.78 is 26.1. The summed E-state index contributed by atoms with van der Waals surface area (Å²) in [5, 5.41) is 2.71. The van der Waals surface area contributed by atoms with Gasteiger partial charge in [-0.05, 0) is 32.0 Å². The fourth-order valence-electron chi connectivity index (χ4n) is 2.30. The molecule has 0 aromatic heterocycles. The lowest BCUT2D eigenvalue weighted by molar-refractivity contribution is -0.129. The van der Waals surface area contributed by atoms with Crippen LogP contribution in [0.15, 0.2) is 29.2 Å². The predicted octanol–water partition coefficient (Wildman–Crippen LogP) is 0.662. The van der Waals surface area contributed by atoms with Crippen molar-refractivity contribution in [3.8, 4) is 0 Å². The number of para-hydroxylation sites is 1. The van der Waals surface area contributed by atoms with Gasteiger partial charge < -0.3 is 11.1 Å². The van der Waals surface area contributed by atoms with E-state index < -0.39 is 15.4 Å². The lowest BCUT2D eigenvalue weighted by Crippen LogP contribution is -2.47. The summed E-state index contributed by atoms with van der Waals surface area (Å²) in [6.45, 7) is 0.278. The summed E-state index contributed by atoms with van der Waals surface area (Å²) in [6.07, 6.45) is 2.47. The maximum absolute atomic E-state index is 12.3. The van der Waals surface area contributed by atoms with Crippen LogP contribution in [0, 0.1) is 5.41 Å². The molecule has 0 atom stereocenters. The largest absolute Gasteiger partial charge is 0.329 e. The van der Waals surface area contributed by atoms with Gasteiger partial charge in [0.2, 0.25) is 15.9 Å². The number of carbonyl (C=O) groups is 1. The fraction of sp³-hybridized carbons (Fsp3) is 0.462. The molecule has 0 spiro atoms. The summed E-state index contributed by atoms with van der Waals surface area (Å²) in [7, 11) is -2.28. The second-order valence-electron chi connectivity index (χ2n) is 5.00. The van der Waals surface area contributed by atoms with E-state index in [4.69, 9.17) is 5.73 Å². The quantitative estimate of drug-likeness (QED) is 0.743. The van der Waals surface area contributed by atoms with Gasteiger partial charge in [-0.1, -0.05) is 18.6 Å². The van der Waals surface area contributed by atoms with Crippen molar-refractivity contribution in [2.75, 3.05) is 18.9 Å². The minimum absolute atomic E-state index is 0.0577. The molecule has 1 aromatic rings. The molecule has 1 amide bonds. The summed E-state index contributed by atoms with van der Waals surface area (Å²) in [5.74, 6) is -0.204. The number of carbonyl (C=O) groups excluding carboxylic acids is 1. The highest BCUT2D eigenvalue weighted by Crippen LogP contribution is 2.41. The highest BCUT2D eigenvalue weighted by molar-refractivity contribution is 7.89. The third-order valence-corrected chi connectivity index (χ3v) is 5.35. The van der Waals surface area contributed by atoms with Gasteiger partial charge >= 0.3 is 0 Å². The Morgan fingerprint density at radius 1 is 1.35 bits per heavy atom. The summed E-state index contributed by atoms with van der Waals surface area (Å²) in [5.41, 5.74) is 5.42. The Bertz CT molecular complexity index is 604. The van der Waals surface area contributed by atoms with E-state index in [0.717, 1.165) is 19.3 Å². The number of anilines is 1. The Labute approximate surface area is 118 Å². The lowest BCUT2D eigenvalue weighted by Gasteiger charge is -2.39. The molecular weight excluding hydrogens is 278 g/mol. The van der Waals surface area contributed by atoms with Crippen molar-refractivity contribution in [3.05, 3.63) is 24.3 Å². The molecule has 7 heteroatoms. The van der Waals surface area contributed by atoms with Gasteiger partial charge in [-0.2, -0.15) is 0 Å². The van der Waals surface area contributed by atoms with E-state index in [1.807, 2.05) is 0 Å². The molecular formula is C13H19N3O3S. The van der Waals surface area contributed by atoms with Gasteiger partial charge in [0, 0.05) is 6.54 Å². The Kier molecular flexibility index (Phi) is 4.12. The molecule has 2 rings (SSSR count). The SMILES string of the molecule is CNS(=O)(=O)c1ccccc1NC(=O)C1(CN)CCC1. The predicted molar refractivity (Wildman–Crippen MR) is 76.7 cm³/mol. The normalized spacial score (nSPS) is 17.3. The molecule has 0 radical (unpaired) electrons. The maximum atomic E-state index is 12.3. The van der Waals surface area contributed by atoms with Crippen LogP contribution >= 0.6 is 0 Å². The minimum Gasteiger partial charge on any atom is -0.329 e. The Balaban J connectivity index is 2.29. The van der Waals surface area contributed by atoms with Crippen molar-refractivity contribution in [2.24, 2.45) is 11.1 Å². The first-order valence-electron chi connectivity index (χ1n) is 6.49. The van der Waals surface area contributed by atoms with Crippen molar-refractivity contribution in [1.82, 2.24) is 4.72 Å². The van der Waals surface area contributed by atoms with Crippen LogP contribution in [0.25, 0.3) is 0 Å². The van der Waals surface area contributed by atoms with E-state index >= 15 is 0 Å². The number of hydrogen-bond acceptors (Lipinski definition) is 4. The van der Waals surface area contributed by atoms with Crippen LogP contribution in [0.1, 0.15) is 19.3 Å². The number of nitrogens with two attached hydrogens (primary N) is 1. The molecule has 1 aliphatic rings. The number of sulfonamides is 1. The fourth-order valence-corrected chi connectivity index (χ4v) is 3.18. The smallest absolute Gasteiger partial charge is 0.242 e. The van der Waals surface area contributed by atoms with Crippen LogP contribution in [0.3, 0.4) is 0 Å². The van der Waals surface area contributed by atoms with Crippen LogP contribution in [-0.4, -0.2) is 27.9 Å². The van der Waals surface area contributed by atoms with Gasteiger partial charge in [-0.25, -0.2) is 13.1 Å². The van der Waals surface area contributed by atoms with E-state index in [-0.39, 0.29) is 23.0 Å². The van der Waals surface area contributed by atoms with E-state index in [1.165, 1.54) is 13.1 Å². The van der Waals surface area contributed by atoms with E-state index in [0.29, 0.717) is 0 Å². The Hall–Kier alpha value is -1.44. The molecule has 0 saturated heterocycles. The maximum Gasteiger partial charge on any atom is 0.242 e. The van der Waals surface area contributed by atoms with Crippen LogP contribution in [0.5, 0.6) is 0 Å². The van der Waals surface area contributed by atoms with Crippen LogP contribution in [-0.2, 0) is 14.8 Å². The number of nitrogens with one attached hydrogen (secondary N) is 2. The molecule has 0 bridgehead atoms. The lowest BCUT2D eigenvalue weighted by atomic mass is 9.68. The molecule has 0 unspecified atom stereocenters. The molecule has 0 aliphatic heterocycles. The number of hydrogen-bond donors (Lipinski definition) is 3. The molecule has 1 fully saturated rings. The first-order chi connectivity index (χ1) is 9.45. The average Bonchev–Trinajstić information content (AvgIpc) is 2.38. The average molecular weight is 297 g/mol. The van der Waals surface area contributed by atoms with Gasteiger partial charge in [-0.15, -0.1) is 0 Å². The molecule has 1 aliphatic carbocycles. The standard InChI is InChI=1S/C13H19N3O3S/c1-15-20(18,19)11-6-3-2-5-10(11)16-12(17)13(9-14)7-4-8-13/h2-3,5-6,15H,4,7-9,14H2,1H3,(H,16,17). The topological polar surface area (TPSA) is 101 Å². The van der Waals surface area contributed by atoms with E-state index in [2.05, 4.69) is 10.0 Å². The zero-order valence-corrected chi connectivity index (χ0v) is 12.2. The van der Waals surface area contributed by atoms with Gasteiger partial charge in [0.25, 0.3) is 0 Å².